The quantitative estimate of drug-likeness (QED) is 0.684. The van der Waals surface area contributed by atoms with Crippen LogP contribution in [0.1, 0.15) is 26.7 Å². The van der Waals surface area contributed by atoms with Gasteiger partial charge in [-0.15, -0.1) is 0 Å². The molecule has 0 saturated carbocycles. The zero-order valence-electron chi connectivity index (χ0n) is 7.72. The summed E-state index contributed by atoms with van der Waals surface area (Å²) in [6.07, 6.45) is 1.50. The molecule has 0 aromatic rings. The molecule has 0 aromatic heterocycles. The molecule has 0 amide bonds. The molecule has 0 aromatic carbocycles. The predicted octanol–water partition coefficient (Wildman–Crippen LogP) is 2.23. The monoisotopic (exact) mass is 256 g/mol. The third-order valence-corrected chi connectivity index (χ3v) is 4.69. The Bertz CT molecular complexity index is 199. The Morgan fingerprint density at radius 3 is 2.33 bits per heavy atom. The lowest BCUT2D eigenvalue weighted by molar-refractivity contribution is 0.576. The van der Waals surface area contributed by atoms with Gasteiger partial charge in [-0.25, -0.2) is 8.42 Å². The molecule has 12 heavy (non-hydrogen) atoms. The van der Waals surface area contributed by atoms with Crippen molar-refractivity contribution in [2.45, 2.75) is 26.7 Å². The molecule has 0 aliphatic carbocycles. The lowest BCUT2D eigenvalue weighted by atomic mass is 10.2. The van der Waals surface area contributed by atoms with Gasteiger partial charge in [0.25, 0.3) is 0 Å². The van der Waals surface area contributed by atoms with Crippen LogP contribution in [0.4, 0.5) is 0 Å². The Morgan fingerprint density at radius 1 is 1.33 bits per heavy atom. The zero-order valence-corrected chi connectivity index (χ0v) is 10.1. The Morgan fingerprint density at radius 2 is 1.92 bits per heavy atom. The van der Waals surface area contributed by atoms with Gasteiger partial charge in [-0.05, 0) is 18.8 Å². The van der Waals surface area contributed by atoms with Crippen LogP contribution in [0.5, 0.6) is 0 Å². The summed E-state index contributed by atoms with van der Waals surface area (Å²) in [5.74, 6) is 1.13. The molecule has 0 bridgehead atoms. The van der Waals surface area contributed by atoms with E-state index in [0.29, 0.717) is 17.4 Å². The van der Waals surface area contributed by atoms with Gasteiger partial charge >= 0.3 is 0 Å². The molecule has 0 aliphatic heterocycles. The molecule has 0 N–H and O–H groups in total. The van der Waals surface area contributed by atoms with Crippen molar-refractivity contribution < 1.29 is 8.42 Å². The van der Waals surface area contributed by atoms with Crippen LogP contribution in [0.25, 0.3) is 0 Å². The first-order valence-electron chi connectivity index (χ1n) is 4.28. The van der Waals surface area contributed by atoms with Crippen molar-refractivity contribution in [3.63, 3.8) is 0 Å². The number of halogens is 1. The van der Waals surface area contributed by atoms with Gasteiger partial charge in [0, 0.05) is 11.1 Å². The summed E-state index contributed by atoms with van der Waals surface area (Å²) in [5.41, 5.74) is 0. The molecule has 2 nitrogen and oxygen atoms in total. The van der Waals surface area contributed by atoms with E-state index in [2.05, 4.69) is 22.9 Å². The fraction of sp³-hybridized carbons (Fsp3) is 1.00. The van der Waals surface area contributed by atoms with Crippen LogP contribution >= 0.6 is 15.9 Å². The minimum Gasteiger partial charge on any atom is -0.229 e. The summed E-state index contributed by atoms with van der Waals surface area (Å²) in [7, 11) is -2.76. The molecule has 0 radical (unpaired) electrons. The van der Waals surface area contributed by atoms with Crippen LogP contribution < -0.4 is 0 Å². The summed E-state index contributed by atoms with van der Waals surface area (Å²) in [5, 5.41) is 0.884. The van der Waals surface area contributed by atoms with Crippen molar-refractivity contribution >= 4 is 25.8 Å². The molecule has 0 saturated heterocycles. The number of hydrogen-bond acceptors (Lipinski definition) is 2. The molecular weight excluding hydrogens is 240 g/mol. The Labute approximate surface area is 83.8 Å². The third-order valence-electron chi connectivity index (χ3n) is 1.70. The summed E-state index contributed by atoms with van der Waals surface area (Å²) in [6.45, 7) is 3.95. The highest BCUT2D eigenvalue weighted by Gasteiger charge is 2.10. The molecule has 0 heterocycles. The van der Waals surface area contributed by atoms with Crippen molar-refractivity contribution in [2.24, 2.45) is 5.92 Å². The fourth-order valence-electron chi connectivity index (χ4n) is 0.871. The second-order valence-corrected chi connectivity index (χ2v) is 6.15. The highest BCUT2D eigenvalue weighted by Crippen LogP contribution is 2.08. The molecule has 0 aliphatic rings. The van der Waals surface area contributed by atoms with Crippen molar-refractivity contribution in [2.75, 3.05) is 16.8 Å². The first-order chi connectivity index (χ1) is 5.52. The molecule has 74 valence electrons. The van der Waals surface area contributed by atoms with E-state index in [9.17, 15) is 8.42 Å². The van der Waals surface area contributed by atoms with Crippen molar-refractivity contribution in [1.29, 1.82) is 0 Å². The number of hydrogen-bond donors (Lipinski definition) is 0. The highest BCUT2D eigenvalue weighted by atomic mass is 79.9. The zero-order chi connectivity index (χ0) is 9.61. The molecule has 1 atom stereocenters. The van der Waals surface area contributed by atoms with E-state index in [1.807, 2.05) is 6.92 Å². The van der Waals surface area contributed by atoms with Gasteiger partial charge in [0.1, 0.15) is 9.84 Å². The standard InChI is InChI=1S/C8H17BrO2S/c1-3-5-12(10,11)6-4-8(2)7-9/h8H,3-7H2,1-2H3. The van der Waals surface area contributed by atoms with E-state index < -0.39 is 9.84 Å². The highest BCUT2D eigenvalue weighted by molar-refractivity contribution is 9.09. The smallest absolute Gasteiger partial charge is 0.150 e. The van der Waals surface area contributed by atoms with Crippen LogP contribution in [0.2, 0.25) is 0 Å². The maximum atomic E-state index is 11.2. The molecular formula is C8H17BrO2S. The van der Waals surface area contributed by atoms with Gasteiger partial charge in [0.05, 0.1) is 5.75 Å². The lowest BCUT2D eigenvalue weighted by Gasteiger charge is -2.06. The van der Waals surface area contributed by atoms with E-state index in [0.717, 1.165) is 18.2 Å². The van der Waals surface area contributed by atoms with Crippen molar-refractivity contribution in [1.82, 2.24) is 0 Å². The van der Waals surface area contributed by atoms with E-state index in [1.54, 1.807) is 0 Å². The Hall–Kier alpha value is 0.430. The minimum absolute atomic E-state index is 0.335. The topological polar surface area (TPSA) is 34.1 Å². The van der Waals surface area contributed by atoms with Gasteiger partial charge in [0.15, 0.2) is 0 Å². The van der Waals surface area contributed by atoms with Crippen LogP contribution in [-0.4, -0.2) is 25.3 Å². The summed E-state index contributed by atoms with van der Waals surface area (Å²) in [6, 6.07) is 0. The van der Waals surface area contributed by atoms with Crippen molar-refractivity contribution in [3.8, 4) is 0 Å². The van der Waals surface area contributed by atoms with Gasteiger partial charge in [0.2, 0.25) is 0 Å². The van der Waals surface area contributed by atoms with Gasteiger partial charge in [-0.1, -0.05) is 29.8 Å². The van der Waals surface area contributed by atoms with E-state index >= 15 is 0 Å². The molecule has 4 heteroatoms. The Balaban J connectivity index is 3.76. The average molecular weight is 257 g/mol. The largest absolute Gasteiger partial charge is 0.229 e. The van der Waals surface area contributed by atoms with Gasteiger partial charge in [-0.2, -0.15) is 0 Å². The molecule has 0 spiro atoms. The molecule has 0 rings (SSSR count). The first kappa shape index (κ1) is 12.4. The van der Waals surface area contributed by atoms with Gasteiger partial charge < -0.3 is 0 Å². The SMILES string of the molecule is CCCS(=O)(=O)CCC(C)CBr. The first-order valence-corrected chi connectivity index (χ1v) is 7.22. The summed E-state index contributed by atoms with van der Waals surface area (Å²) >= 11 is 3.33. The number of sulfone groups is 1. The van der Waals surface area contributed by atoms with Gasteiger partial charge in [-0.3, -0.25) is 0 Å². The predicted molar refractivity (Wildman–Crippen MR) is 56.5 cm³/mol. The van der Waals surface area contributed by atoms with E-state index in [-0.39, 0.29) is 0 Å². The van der Waals surface area contributed by atoms with Crippen LogP contribution in [-0.2, 0) is 9.84 Å². The van der Waals surface area contributed by atoms with Crippen LogP contribution in [0, 0.1) is 5.92 Å². The third kappa shape index (κ3) is 6.00. The summed E-state index contributed by atoms with van der Waals surface area (Å²) in [4.78, 5) is 0. The summed E-state index contributed by atoms with van der Waals surface area (Å²) < 4.78 is 22.5. The molecule has 1 unspecified atom stereocenters. The maximum Gasteiger partial charge on any atom is 0.150 e. The lowest BCUT2D eigenvalue weighted by Crippen LogP contribution is -2.13. The fourth-order valence-corrected chi connectivity index (χ4v) is 2.78. The second kappa shape index (κ2) is 5.97. The van der Waals surface area contributed by atoms with E-state index in [1.165, 1.54) is 0 Å². The maximum absolute atomic E-state index is 11.2. The number of rotatable bonds is 6. The second-order valence-electron chi connectivity index (χ2n) is 3.20. The normalized spacial score (nSPS) is 14.6. The van der Waals surface area contributed by atoms with Crippen molar-refractivity contribution in [3.05, 3.63) is 0 Å². The minimum atomic E-state index is -2.76. The molecule has 0 fully saturated rings. The average Bonchev–Trinajstić information content (AvgIpc) is 2.00. The van der Waals surface area contributed by atoms with E-state index in [4.69, 9.17) is 0 Å². The number of alkyl halides is 1. The Kier molecular flexibility index (Phi) is 6.19. The van der Waals surface area contributed by atoms with Crippen LogP contribution in [0.15, 0.2) is 0 Å². The van der Waals surface area contributed by atoms with Crippen LogP contribution in [0.3, 0.4) is 0 Å².